The highest BCUT2D eigenvalue weighted by atomic mass is 19.1. The first-order valence-corrected chi connectivity index (χ1v) is 11.7. The van der Waals surface area contributed by atoms with Crippen molar-refractivity contribution in [1.29, 1.82) is 0 Å². The topological polar surface area (TPSA) is 90.7 Å². The molecular formula is C29H32FNO4. The van der Waals surface area contributed by atoms with Crippen molar-refractivity contribution < 1.29 is 24.5 Å². The van der Waals surface area contributed by atoms with Gasteiger partial charge in [0.2, 0.25) is 0 Å². The molecule has 0 spiro atoms. The third-order valence-electron chi connectivity index (χ3n) is 5.87. The summed E-state index contributed by atoms with van der Waals surface area (Å²) in [5.74, 6) is -1.41. The number of carboxylic acid groups (broad SMARTS) is 1. The summed E-state index contributed by atoms with van der Waals surface area (Å²) in [5.41, 5.74) is 7.29. The summed E-state index contributed by atoms with van der Waals surface area (Å²) in [7, 11) is 0. The van der Waals surface area contributed by atoms with E-state index in [1.807, 2.05) is 33.8 Å². The van der Waals surface area contributed by atoms with Gasteiger partial charge in [-0.1, -0.05) is 55.8 Å². The molecule has 1 unspecified atom stereocenters. The Bertz CT molecular complexity index is 1220. The molecule has 3 aromatic rings. The first kappa shape index (κ1) is 26.3. The predicted molar refractivity (Wildman–Crippen MR) is 137 cm³/mol. The molecule has 184 valence electrons. The molecule has 3 rings (SSSR count). The number of nitrogens with zero attached hydrogens (tertiary/aromatic N) is 1. The Labute approximate surface area is 205 Å². The lowest BCUT2D eigenvalue weighted by molar-refractivity contribution is -0.139. The molecule has 6 heteroatoms. The minimum Gasteiger partial charge on any atom is -0.481 e. The molecule has 2 atom stereocenters. The van der Waals surface area contributed by atoms with Crippen LogP contribution in [0.2, 0.25) is 0 Å². The third kappa shape index (κ3) is 6.84. The molecule has 0 aliphatic carbocycles. The fraction of sp³-hybridized carbons (Fsp3) is 0.310. The smallest absolute Gasteiger partial charge is 0.305 e. The number of aliphatic carboxylic acids is 1. The number of carboxylic acids is 1. The van der Waals surface area contributed by atoms with Gasteiger partial charge in [-0.3, -0.25) is 9.78 Å². The Morgan fingerprint density at radius 3 is 2.34 bits per heavy atom. The van der Waals surface area contributed by atoms with Crippen LogP contribution >= 0.6 is 0 Å². The van der Waals surface area contributed by atoms with Gasteiger partial charge in [0.05, 0.1) is 30.0 Å². The second-order valence-electron chi connectivity index (χ2n) is 9.25. The molecule has 0 aliphatic rings. The Hall–Kier alpha value is -3.35. The molecule has 35 heavy (non-hydrogen) atoms. The molecule has 0 radical (unpaired) electrons. The van der Waals surface area contributed by atoms with Crippen molar-refractivity contribution in [3.8, 4) is 22.4 Å². The number of halogens is 1. The molecule has 0 amide bonds. The number of benzene rings is 2. The van der Waals surface area contributed by atoms with Crippen LogP contribution in [0.5, 0.6) is 0 Å². The Morgan fingerprint density at radius 2 is 1.71 bits per heavy atom. The van der Waals surface area contributed by atoms with Crippen LogP contribution < -0.4 is 0 Å². The SMILES string of the molecule is Cc1ccc(C)c(-c2cc(-c3ccc(F)cc3)c(/C=C/C(O)C[C@@H](O)CC(=O)O)c(C(C)C)n2)c1. The minimum absolute atomic E-state index is 0.0497. The van der Waals surface area contributed by atoms with Crippen LogP contribution in [0, 0.1) is 19.7 Å². The van der Waals surface area contributed by atoms with Crippen LogP contribution in [0.25, 0.3) is 28.5 Å². The van der Waals surface area contributed by atoms with Crippen LogP contribution in [0.1, 0.15) is 55.0 Å². The number of carbonyl (C=O) groups is 1. The molecule has 5 nitrogen and oxygen atoms in total. The molecule has 0 saturated carbocycles. The second-order valence-corrected chi connectivity index (χ2v) is 9.25. The van der Waals surface area contributed by atoms with Gasteiger partial charge < -0.3 is 15.3 Å². The van der Waals surface area contributed by atoms with Crippen molar-refractivity contribution in [3.63, 3.8) is 0 Å². The van der Waals surface area contributed by atoms with E-state index >= 15 is 0 Å². The number of aliphatic hydroxyl groups excluding tert-OH is 2. The van der Waals surface area contributed by atoms with Crippen molar-refractivity contribution in [2.45, 2.75) is 58.7 Å². The fourth-order valence-corrected chi connectivity index (χ4v) is 4.06. The van der Waals surface area contributed by atoms with Crippen LogP contribution in [0.3, 0.4) is 0 Å². The lowest BCUT2D eigenvalue weighted by atomic mass is 9.91. The van der Waals surface area contributed by atoms with Gasteiger partial charge in [0.1, 0.15) is 5.82 Å². The van der Waals surface area contributed by atoms with E-state index in [9.17, 15) is 19.4 Å². The minimum atomic E-state index is -1.15. The predicted octanol–water partition coefficient (Wildman–Crippen LogP) is 5.89. The molecule has 0 fully saturated rings. The van der Waals surface area contributed by atoms with E-state index in [-0.39, 0.29) is 18.2 Å². The number of aryl methyl sites for hydroxylation is 2. The molecule has 2 aromatic carbocycles. The summed E-state index contributed by atoms with van der Waals surface area (Å²) in [6.07, 6.45) is 0.571. The largest absolute Gasteiger partial charge is 0.481 e. The quantitative estimate of drug-likeness (QED) is 0.357. The van der Waals surface area contributed by atoms with Crippen molar-refractivity contribution in [1.82, 2.24) is 4.98 Å². The maximum atomic E-state index is 13.7. The van der Waals surface area contributed by atoms with Gasteiger partial charge >= 0.3 is 5.97 Å². The second kappa shape index (κ2) is 11.4. The average molecular weight is 478 g/mol. The van der Waals surface area contributed by atoms with Crippen molar-refractivity contribution in [3.05, 3.63) is 82.8 Å². The van der Waals surface area contributed by atoms with E-state index in [1.54, 1.807) is 24.3 Å². The summed E-state index contributed by atoms with van der Waals surface area (Å²) in [4.78, 5) is 15.8. The van der Waals surface area contributed by atoms with Crippen LogP contribution in [-0.2, 0) is 4.79 Å². The van der Waals surface area contributed by atoms with Gasteiger partial charge in [0.25, 0.3) is 0 Å². The Balaban J connectivity index is 2.15. The lowest BCUT2D eigenvalue weighted by Crippen LogP contribution is -2.19. The van der Waals surface area contributed by atoms with Crippen molar-refractivity contribution >= 4 is 12.0 Å². The lowest BCUT2D eigenvalue weighted by Gasteiger charge is -2.19. The average Bonchev–Trinajstić information content (AvgIpc) is 2.78. The third-order valence-corrected chi connectivity index (χ3v) is 5.87. The van der Waals surface area contributed by atoms with E-state index in [2.05, 4.69) is 18.2 Å². The van der Waals surface area contributed by atoms with E-state index < -0.39 is 24.6 Å². The number of hydrogen-bond donors (Lipinski definition) is 3. The number of pyridine rings is 1. The zero-order chi connectivity index (χ0) is 25.7. The Kier molecular flexibility index (Phi) is 8.54. The van der Waals surface area contributed by atoms with Crippen LogP contribution in [-0.4, -0.2) is 38.5 Å². The molecular weight excluding hydrogens is 445 g/mol. The van der Waals surface area contributed by atoms with Gasteiger partial charge in [0.15, 0.2) is 0 Å². The van der Waals surface area contributed by atoms with Gasteiger partial charge in [-0.25, -0.2) is 4.39 Å². The van der Waals surface area contributed by atoms with Gasteiger partial charge in [-0.2, -0.15) is 0 Å². The highest BCUT2D eigenvalue weighted by Crippen LogP contribution is 2.35. The molecule has 1 aromatic heterocycles. The van der Waals surface area contributed by atoms with Crippen LogP contribution in [0.15, 0.2) is 54.6 Å². The molecule has 0 saturated heterocycles. The zero-order valence-corrected chi connectivity index (χ0v) is 20.5. The molecule has 0 bridgehead atoms. The summed E-state index contributed by atoms with van der Waals surface area (Å²) < 4.78 is 13.7. The standard InChI is InChI=1S/C29H32FNO4/c1-17(2)29-24(12-11-22(32)14-23(33)15-28(34)35)26(20-7-9-21(30)10-8-20)16-27(31-29)25-13-18(3)5-6-19(25)4/h5-13,16-17,22-23,32-33H,14-15H2,1-4H3,(H,34,35)/b12-11+/t22?,23-/m1/s1. The maximum Gasteiger partial charge on any atom is 0.305 e. The van der Waals surface area contributed by atoms with Gasteiger partial charge in [-0.05, 0) is 60.7 Å². The van der Waals surface area contributed by atoms with E-state index in [0.717, 1.165) is 44.8 Å². The van der Waals surface area contributed by atoms with E-state index in [0.29, 0.717) is 0 Å². The van der Waals surface area contributed by atoms with E-state index in [1.165, 1.54) is 12.1 Å². The van der Waals surface area contributed by atoms with Crippen molar-refractivity contribution in [2.75, 3.05) is 0 Å². The zero-order valence-electron chi connectivity index (χ0n) is 20.5. The normalized spacial score (nSPS) is 13.4. The maximum absolute atomic E-state index is 13.7. The fourth-order valence-electron chi connectivity index (χ4n) is 4.06. The highest BCUT2D eigenvalue weighted by Gasteiger charge is 2.18. The molecule has 3 N–H and O–H groups in total. The summed E-state index contributed by atoms with van der Waals surface area (Å²) in [6, 6.07) is 14.4. The van der Waals surface area contributed by atoms with E-state index in [4.69, 9.17) is 10.1 Å². The number of aliphatic hydroxyl groups is 2. The van der Waals surface area contributed by atoms with Crippen molar-refractivity contribution in [2.24, 2.45) is 0 Å². The highest BCUT2D eigenvalue weighted by molar-refractivity contribution is 5.81. The first-order valence-electron chi connectivity index (χ1n) is 11.7. The van der Waals surface area contributed by atoms with Crippen LogP contribution in [0.4, 0.5) is 4.39 Å². The summed E-state index contributed by atoms with van der Waals surface area (Å²) in [6.45, 7) is 8.14. The molecule has 0 aliphatic heterocycles. The summed E-state index contributed by atoms with van der Waals surface area (Å²) >= 11 is 0. The Morgan fingerprint density at radius 1 is 1.03 bits per heavy atom. The molecule has 1 heterocycles. The first-order chi connectivity index (χ1) is 16.5. The monoisotopic (exact) mass is 477 g/mol. The van der Waals surface area contributed by atoms with Gasteiger partial charge in [0, 0.05) is 17.5 Å². The number of aromatic nitrogens is 1. The van der Waals surface area contributed by atoms with Gasteiger partial charge in [-0.15, -0.1) is 0 Å². The summed E-state index contributed by atoms with van der Waals surface area (Å²) in [5, 5.41) is 29.1. The number of hydrogen-bond acceptors (Lipinski definition) is 4. The number of rotatable bonds is 9.